The Balaban J connectivity index is 2.10. The van der Waals surface area contributed by atoms with Crippen LogP contribution in [0.15, 0.2) is 24.3 Å². The van der Waals surface area contributed by atoms with Crippen LogP contribution >= 0.6 is 0 Å². The maximum Gasteiger partial charge on any atom is 0.130 e. The van der Waals surface area contributed by atoms with E-state index in [1.54, 1.807) is 7.11 Å². The molecule has 1 aliphatic rings. The SMILES string of the molecule is CCC(C)c1ccccc1OC1CC(O)C1OC. The third-order valence-corrected chi connectivity index (χ3v) is 3.83. The summed E-state index contributed by atoms with van der Waals surface area (Å²) in [6.45, 7) is 4.37. The molecular formula is C15H22O3. The lowest BCUT2D eigenvalue weighted by molar-refractivity contribution is -0.149. The average molecular weight is 250 g/mol. The van der Waals surface area contributed by atoms with Gasteiger partial charge in [0, 0.05) is 13.5 Å². The first-order chi connectivity index (χ1) is 8.67. The third kappa shape index (κ3) is 2.52. The van der Waals surface area contributed by atoms with E-state index in [-0.39, 0.29) is 12.2 Å². The number of hydrogen-bond donors (Lipinski definition) is 1. The van der Waals surface area contributed by atoms with Gasteiger partial charge in [-0.1, -0.05) is 32.0 Å². The number of hydrogen-bond acceptors (Lipinski definition) is 3. The second-order valence-corrected chi connectivity index (χ2v) is 5.01. The van der Waals surface area contributed by atoms with Gasteiger partial charge in [0.15, 0.2) is 0 Å². The molecule has 1 N–H and O–H groups in total. The van der Waals surface area contributed by atoms with E-state index < -0.39 is 6.10 Å². The zero-order valence-corrected chi connectivity index (χ0v) is 11.3. The van der Waals surface area contributed by atoms with Crippen molar-refractivity contribution in [3.63, 3.8) is 0 Å². The Morgan fingerprint density at radius 3 is 2.72 bits per heavy atom. The van der Waals surface area contributed by atoms with E-state index in [2.05, 4.69) is 19.9 Å². The van der Waals surface area contributed by atoms with Crippen molar-refractivity contribution in [1.29, 1.82) is 0 Å². The molecule has 18 heavy (non-hydrogen) atoms. The van der Waals surface area contributed by atoms with Crippen molar-refractivity contribution in [1.82, 2.24) is 0 Å². The van der Waals surface area contributed by atoms with E-state index in [9.17, 15) is 5.11 Å². The summed E-state index contributed by atoms with van der Waals surface area (Å²) in [7, 11) is 1.62. The van der Waals surface area contributed by atoms with E-state index in [0.29, 0.717) is 12.3 Å². The predicted octanol–water partition coefficient (Wildman–Crippen LogP) is 2.73. The van der Waals surface area contributed by atoms with Gasteiger partial charge in [-0.2, -0.15) is 0 Å². The molecule has 0 aliphatic heterocycles. The van der Waals surface area contributed by atoms with Crippen molar-refractivity contribution < 1.29 is 14.6 Å². The number of aliphatic hydroxyl groups excluding tert-OH is 1. The van der Waals surface area contributed by atoms with Gasteiger partial charge >= 0.3 is 0 Å². The first-order valence-corrected chi connectivity index (χ1v) is 6.63. The van der Waals surface area contributed by atoms with Crippen LogP contribution in [0.4, 0.5) is 0 Å². The topological polar surface area (TPSA) is 38.7 Å². The molecule has 0 spiro atoms. The number of ether oxygens (including phenoxy) is 2. The lowest BCUT2D eigenvalue weighted by Gasteiger charge is -2.40. The highest BCUT2D eigenvalue weighted by molar-refractivity contribution is 5.36. The largest absolute Gasteiger partial charge is 0.487 e. The Hall–Kier alpha value is -1.06. The number of aliphatic hydroxyl groups is 1. The summed E-state index contributed by atoms with van der Waals surface area (Å²) in [6.07, 6.45) is 1.11. The molecule has 0 bridgehead atoms. The Morgan fingerprint density at radius 1 is 1.39 bits per heavy atom. The molecule has 1 fully saturated rings. The zero-order valence-electron chi connectivity index (χ0n) is 11.3. The lowest BCUT2D eigenvalue weighted by Crippen LogP contribution is -2.54. The predicted molar refractivity (Wildman–Crippen MR) is 71.0 cm³/mol. The number of rotatable bonds is 5. The van der Waals surface area contributed by atoms with E-state index in [1.807, 2.05) is 18.2 Å². The molecule has 1 aromatic rings. The Labute approximate surface area is 109 Å². The lowest BCUT2D eigenvalue weighted by atomic mass is 9.87. The van der Waals surface area contributed by atoms with Gasteiger partial charge in [-0.15, -0.1) is 0 Å². The van der Waals surface area contributed by atoms with Crippen molar-refractivity contribution in [2.24, 2.45) is 0 Å². The first-order valence-electron chi connectivity index (χ1n) is 6.63. The average Bonchev–Trinajstić information content (AvgIpc) is 2.38. The van der Waals surface area contributed by atoms with Crippen LogP contribution in [-0.4, -0.2) is 30.5 Å². The number of para-hydroxylation sites is 1. The van der Waals surface area contributed by atoms with Gasteiger partial charge in [0.25, 0.3) is 0 Å². The van der Waals surface area contributed by atoms with Gasteiger partial charge < -0.3 is 14.6 Å². The molecule has 0 heterocycles. The van der Waals surface area contributed by atoms with Gasteiger partial charge in [0.05, 0.1) is 6.10 Å². The van der Waals surface area contributed by atoms with Crippen molar-refractivity contribution in [2.45, 2.75) is 50.9 Å². The van der Waals surface area contributed by atoms with Gasteiger partial charge in [-0.3, -0.25) is 0 Å². The highest BCUT2D eigenvalue weighted by Gasteiger charge is 2.42. The van der Waals surface area contributed by atoms with Crippen molar-refractivity contribution >= 4 is 0 Å². The van der Waals surface area contributed by atoms with Crippen LogP contribution in [0.25, 0.3) is 0 Å². The van der Waals surface area contributed by atoms with Crippen LogP contribution < -0.4 is 4.74 Å². The smallest absolute Gasteiger partial charge is 0.130 e. The third-order valence-electron chi connectivity index (χ3n) is 3.83. The molecule has 0 radical (unpaired) electrons. The molecular weight excluding hydrogens is 228 g/mol. The highest BCUT2D eigenvalue weighted by atomic mass is 16.6. The second kappa shape index (κ2) is 5.72. The minimum Gasteiger partial charge on any atom is -0.487 e. The first kappa shape index (κ1) is 13.4. The Kier molecular flexibility index (Phi) is 4.25. The summed E-state index contributed by atoms with van der Waals surface area (Å²) >= 11 is 0. The minimum absolute atomic E-state index is 0.0322. The van der Waals surface area contributed by atoms with E-state index >= 15 is 0 Å². The van der Waals surface area contributed by atoms with Crippen LogP contribution in [0.2, 0.25) is 0 Å². The molecule has 1 aliphatic carbocycles. The quantitative estimate of drug-likeness (QED) is 0.873. The van der Waals surface area contributed by atoms with Crippen LogP contribution in [-0.2, 0) is 4.74 Å². The van der Waals surface area contributed by atoms with E-state index in [4.69, 9.17) is 9.47 Å². The molecule has 1 aromatic carbocycles. The van der Waals surface area contributed by atoms with Crippen molar-refractivity contribution in [2.75, 3.05) is 7.11 Å². The summed E-state index contributed by atoms with van der Waals surface area (Å²) in [5.74, 6) is 1.40. The van der Waals surface area contributed by atoms with Crippen LogP contribution in [0.3, 0.4) is 0 Å². The Bertz CT molecular complexity index is 391. The molecule has 4 unspecified atom stereocenters. The van der Waals surface area contributed by atoms with Crippen molar-refractivity contribution in [3.8, 4) is 5.75 Å². The summed E-state index contributed by atoms with van der Waals surface area (Å²) in [5, 5.41) is 9.58. The van der Waals surface area contributed by atoms with Crippen molar-refractivity contribution in [3.05, 3.63) is 29.8 Å². The van der Waals surface area contributed by atoms with Crippen LogP contribution in [0, 0.1) is 0 Å². The molecule has 100 valence electrons. The summed E-state index contributed by atoms with van der Waals surface area (Å²) in [5.41, 5.74) is 1.23. The maximum absolute atomic E-state index is 9.58. The molecule has 3 nitrogen and oxygen atoms in total. The van der Waals surface area contributed by atoms with Crippen LogP contribution in [0.5, 0.6) is 5.75 Å². The standard InChI is InChI=1S/C15H22O3/c1-4-10(2)11-7-5-6-8-13(11)18-14-9-12(16)15(14)17-3/h5-8,10,12,14-16H,4,9H2,1-3H3. The molecule has 0 aromatic heterocycles. The minimum atomic E-state index is -0.393. The summed E-state index contributed by atoms with van der Waals surface area (Å²) in [4.78, 5) is 0. The van der Waals surface area contributed by atoms with Crippen LogP contribution in [0.1, 0.15) is 38.2 Å². The summed E-state index contributed by atoms with van der Waals surface area (Å²) < 4.78 is 11.2. The molecule has 0 saturated heterocycles. The monoisotopic (exact) mass is 250 g/mol. The van der Waals surface area contributed by atoms with E-state index in [0.717, 1.165) is 12.2 Å². The van der Waals surface area contributed by atoms with Gasteiger partial charge in [0.2, 0.25) is 0 Å². The number of benzene rings is 1. The van der Waals surface area contributed by atoms with Gasteiger partial charge in [-0.25, -0.2) is 0 Å². The molecule has 1 saturated carbocycles. The normalized spacial score (nSPS) is 28.6. The summed E-state index contributed by atoms with van der Waals surface area (Å²) in [6, 6.07) is 8.13. The second-order valence-electron chi connectivity index (χ2n) is 5.01. The van der Waals surface area contributed by atoms with Gasteiger partial charge in [0.1, 0.15) is 18.0 Å². The molecule has 2 rings (SSSR count). The maximum atomic E-state index is 9.58. The highest BCUT2D eigenvalue weighted by Crippen LogP contribution is 2.33. The van der Waals surface area contributed by atoms with E-state index in [1.165, 1.54) is 5.56 Å². The number of methoxy groups -OCH3 is 1. The molecule has 0 amide bonds. The fraction of sp³-hybridized carbons (Fsp3) is 0.600. The zero-order chi connectivity index (χ0) is 13.1. The fourth-order valence-electron chi connectivity index (χ4n) is 2.36. The Morgan fingerprint density at radius 2 is 2.11 bits per heavy atom. The van der Waals surface area contributed by atoms with Gasteiger partial charge in [-0.05, 0) is 24.0 Å². The molecule has 3 heteroatoms. The fourth-order valence-corrected chi connectivity index (χ4v) is 2.36. The molecule has 4 atom stereocenters.